The minimum Gasteiger partial charge on any atom is -0.378 e. The first-order valence-corrected chi connectivity index (χ1v) is 8.91. The Kier molecular flexibility index (Phi) is 4.74. The molecule has 0 saturated carbocycles. The molecule has 1 aromatic carbocycles. The number of ether oxygens (including phenoxy) is 1. The molecule has 28 heavy (non-hydrogen) atoms. The third-order valence-corrected chi connectivity index (χ3v) is 4.95. The first-order valence-electron chi connectivity index (χ1n) is 8.91. The monoisotopic (exact) mass is 398 g/mol. The van der Waals surface area contributed by atoms with E-state index in [0.717, 1.165) is 11.0 Å². The lowest BCUT2D eigenvalue weighted by Gasteiger charge is -2.39. The molecule has 2 aliphatic rings. The Morgan fingerprint density at radius 1 is 1.11 bits per heavy atom. The van der Waals surface area contributed by atoms with E-state index in [4.69, 9.17) is 4.74 Å². The molecule has 0 spiro atoms. The highest BCUT2D eigenvalue weighted by molar-refractivity contribution is 5.62. The second-order valence-electron chi connectivity index (χ2n) is 6.67. The Morgan fingerprint density at radius 3 is 2.50 bits per heavy atom. The number of anilines is 3. The molecule has 0 radical (unpaired) electrons. The zero-order valence-electron chi connectivity index (χ0n) is 14.8. The summed E-state index contributed by atoms with van der Waals surface area (Å²) in [7, 11) is 0. The van der Waals surface area contributed by atoms with Gasteiger partial charge in [0.15, 0.2) is 0 Å². The number of hydrogen-bond donors (Lipinski definition) is 0. The van der Waals surface area contributed by atoms with E-state index in [9.17, 15) is 22.4 Å². The van der Waals surface area contributed by atoms with Crippen molar-refractivity contribution in [1.82, 2.24) is 9.55 Å². The third kappa shape index (κ3) is 3.32. The zero-order chi connectivity index (χ0) is 19.9. The fourth-order valence-electron chi connectivity index (χ4n) is 3.58. The van der Waals surface area contributed by atoms with Crippen LogP contribution in [0, 0.1) is 5.82 Å². The van der Waals surface area contributed by atoms with Gasteiger partial charge in [0.05, 0.1) is 18.9 Å². The fourth-order valence-corrected chi connectivity index (χ4v) is 3.58. The van der Waals surface area contributed by atoms with Crippen molar-refractivity contribution in [3.8, 4) is 0 Å². The third-order valence-electron chi connectivity index (χ3n) is 4.95. The predicted octanol–water partition coefficient (Wildman–Crippen LogP) is 2.69. The lowest BCUT2D eigenvalue weighted by Crippen LogP contribution is -2.50. The number of para-hydroxylation sites is 1. The van der Waals surface area contributed by atoms with Crippen molar-refractivity contribution in [3.05, 3.63) is 46.5 Å². The van der Waals surface area contributed by atoms with E-state index in [1.165, 1.54) is 28.8 Å². The molecule has 10 heteroatoms. The maximum absolute atomic E-state index is 14.4. The zero-order valence-corrected chi connectivity index (χ0v) is 14.8. The van der Waals surface area contributed by atoms with E-state index in [1.807, 2.05) is 0 Å². The molecule has 2 aliphatic heterocycles. The number of halogens is 4. The molecule has 0 N–H and O–H groups in total. The summed E-state index contributed by atoms with van der Waals surface area (Å²) in [5.74, 6) is -0.743. The molecule has 3 heterocycles. The second kappa shape index (κ2) is 7.08. The SMILES string of the molecule is O=c1cc(N2CCOCC2)nc2n1CC[C@@H](C(F)(F)F)N2c1ccccc1F. The van der Waals surface area contributed by atoms with Crippen LogP contribution in [0.15, 0.2) is 35.1 Å². The van der Waals surface area contributed by atoms with Crippen LogP contribution in [0.2, 0.25) is 0 Å². The Balaban J connectivity index is 1.88. The van der Waals surface area contributed by atoms with E-state index in [1.54, 1.807) is 4.90 Å². The quantitative estimate of drug-likeness (QED) is 0.729. The van der Waals surface area contributed by atoms with Gasteiger partial charge in [-0.1, -0.05) is 12.1 Å². The van der Waals surface area contributed by atoms with Gasteiger partial charge in [-0.2, -0.15) is 18.2 Å². The predicted molar refractivity (Wildman–Crippen MR) is 94.5 cm³/mol. The average Bonchev–Trinajstić information content (AvgIpc) is 2.67. The van der Waals surface area contributed by atoms with Crippen molar-refractivity contribution in [3.63, 3.8) is 0 Å². The largest absolute Gasteiger partial charge is 0.409 e. The van der Waals surface area contributed by atoms with Gasteiger partial charge >= 0.3 is 6.18 Å². The van der Waals surface area contributed by atoms with Crippen molar-refractivity contribution in [2.24, 2.45) is 0 Å². The number of nitrogens with zero attached hydrogens (tertiary/aromatic N) is 4. The molecule has 1 saturated heterocycles. The van der Waals surface area contributed by atoms with Crippen LogP contribution >= 0.6 is 0 Å². The number of fused-ring (bicyclic) bond motifs is 1. The number of rotatable bonds is 2. The van der Waals surface area contributed by atoms with E-state index >= 15 is 0 Å². The highest BCUT2D eigenvalue weighted by Gasteiger charge is 2.48. The molecule has 150 valence electrons. The normalized spacial score (nSPS) is 20.2. The van der Waals surface area contributed by atoms with Gasteiger partial charge in [-0.15, -0.1) is 0 Å². The molecular weight excluding hydrogens is 380 g/mol. The number of aromatic nitrogens is 2. The number of hydrogen-bond acceptors (Lipinski definition) is 5. The van der Waals surface area contributed by atoms with E-state index < -0.39 is 23.6 Å². The van der Waals surface area contributed by atoms with Crippen molar-refractivity contribution in [1.29, 1.82) is 0 Å². The lowest BCUT2D eigenvalue weighted by molar-refractivity contribution is -0.150. The fraction of sp³-hybridized carbons (Fsp3) is 0.444. The van der Waals surface area contributed by atoms with Crippen LogP contribution in [0.1, 0.15) is 6.42 Å². The molecule has 1 aromatic heterocycles. The van der Waals surface area contributed by atoms with Crippen molar-refractivity contribution < 1.29 is 22.3 Å². The average molecular weight is 398 g/mol. The summed E-state index contributed by atoms with van der Waals surface area (Å²) in [6, 6.07) is 4.53. The molecule has 4 rings (SSSR count). The van der Waals surface area contributed by atoms with Crippen LogP contribution < -0.4 is 15.4 Å². The number of alkyl halides is 3. The first-order chi connectivity index (χ1) is 13.4. The summed E-state index contributed by atoms with van der Waals surface area (Å²) in [5, 5.41) is 0. The highest BCUT2D eigenvalue weighted by atomic mass is 19.4. The van der Waals surface area contributed by atoms with Gasteiger partial charge in [0, 0.05) is 25.7 Å². The molecule has 0 unspecified atom stereocenters. The number of benzene rings is 1. The summed E-state index contributed by atoms with van der Waals surface area (Å²) in [5.41, 5.74) is -0.724. The van der Waals surface area contributed by atoms with Gasteiger partial charge in [-0.3, -0.25) is 14.3 Å². The summed E-state index contributed by atoms with van der Waals surface area (Å²) in [6.07, 6.45) is -4.98. The summed E-state index contributed by atoms with van der Waals surface area (Å²) < 4.78 is 62.1. The van der Waals surface area contributed by atoms with Crippen LogP contribution in [-0.4, -0.2) is 48.1 Å². The van der Waals surface area contributed by atoms with E-state index in [0.29, 0.717) is 26.3 Å². The second-order valence-corrected chi connectivity index (χ2v) is 6.67. The van der Waals surface area contributed by atoms with Gasteiger partial charge in [0.2, 0.25) is 5.95 Å². The van der Waals surface area contributed by atoms with Gasteiger partial charge < -0.3 is 9.64 Å². The van der Waals surface area contributed by atoms with Crippen LogP contribution in [-0.2, 0) is 11.3 Å². The topological polar surface area (TPSA) is 50.6 Å². The molecular formula is C18H18F4N4O2. The maximum Gasteiger partial charge on any atom is 0.409 e. The van der Waals surface area contributed by atoms with Crippen molar-refractivity contribution in [2.45, 2.75) is 25.2 Å². The van der Waals surface area contributed by atoms with E-state index in [-0.39, 0.29) is 30.4 Å². The van der Waals surface area contributed by atoms with Crippen LogP contribution in [0.25, 0.3) is 0 Å². The number of morpholine rings is 1. The Morgan fingerprint density at radius 2 is 1.82 bits per heavy atom. The summed E-state index contributed by atoms with van der Waals surface area (Å²) in [6.45, 7) is 1.67. The van der Waals surface area contributed by atoms with Crippen molar-refractivity contribution in [2.75, 3.05) is 36.1 Å². The maximum atomic E-state index is 14.4. The first kappa shape index (κ1) is 18.7. The van der Waals surface area contributed by atoms with Crippen LogP contribution in [0.5, 0.6) is 0 Å². The van der Waals surface area contributed by atoms with Crippen molar-refractivity contribution >= 4 is 17.5 Å². The van der Waals surface area contributed by atoms with Crippen LogP contribution in [0.4, 0.5) is 35.0 Å². The molecule has 0 amide bonds. The van der Waals surface area contributed by atoms with E-state index in [2.05, 4.69) is 4.98 Å². The molecule has 0 bridgehead atoms. The Hall–Kier alpha value is -2.62. The molecule has 0 aliphatic carbocycles. The lowest BCUT2D eigenvalue weighted by atomic mass is 10.1. The standard InChI is InChI=1S/C18H18F4N4O2/c19-12-3-1-2-4-13(12)26-14(18(20,21)22)5-6-25-16(27)11-15(23-17(25)26)24-7-9-28-10-8-24/h1-4,11,14H,5-10H2/t14-/m0/s1. The van der Waals surface area contributed by atoms with Crippen LogP contribution in [0.3, 0.4) is 0 Å². The van der Waals surface area contributed by atoms with Gasteiger partial charge in [0.25, 0.3) is 5.56 Å². The van der Waals surface area contributed by atoms with Gasteiger partial charge in [0.1, 0.15) is 17.7 Å². The minimum absolute atomic E-state index is 0.139. The summed E-state index contributed by atoms with van der Waals surface area (Å²) in [4.78, 5) is 19.5. The molecule has 2 aromatic rings. The van der Waals surface area contributed by atoms with Gasteiger partial charge in [-0.25, -0.2) is 4.39 Å². The smallest absolute Gasteiger partial charge is 0.378 e. The molecule has 1 atom stereocenters. The van der Waals surface area contributed by atoms with Gasteiger partial charge in [-0.05, 0) is 18.6 Å². The Labute approximate surface area is 158 Å². The Bertz CT molecular complexity index is 925. The summed E-state index contributed by atoms with van der Waals surface area (Å²) >= 11 is 0. The molecule has 1 fully saturated rings. The molecule has 6 nitrogen and oxygen atoms in total. The minimum atomic E-state index is -4.61. The highest BCUT2D eigenvalue weighted by Crippen LogP contribution is 2.40.